The van der Waals surface area contributed by atoms with Gasteiger partial charge in [0.05, 0.1) is 12.2 Å². The minimum Gasteiger partial charge on any atom is -0.350 e. The van der Waals surface area contributed by atoms with Crippen LogP contribution >= 0.6 is 0 Å². The standard InChI is InChI=1S/C24H22N4O2/c29-22(18-27-14-8-7-13-23(27)30)25-15-21-17-28(16-19-9-3-1-4-10-19)26-24(21)20-11-5-2-6-12-20/h1-14,17H,15-16,18H2,(H,25,29). The monoisotopic (exact) mass is 398 g/mol. The summed E-state index contributed by atoms with van der Waals surface area (Å²) in [5, 5.41) is 7.67. The third-order valence-corrected chi connectivity index (χ3v) is 4.76. The number of benzene rings is 2. The van der Waals surface area contributed by atoms with Gasteiger partial charge < -0.3 is 9.88 Å². The number of carbonyl (C=O) groups excluding carboxylic acids is 1. The summed E-state index contributed by atoms with van der Waals surface area (Å²) in [5.74, 6) is -0.224. The quantitative estimate of drug-likeness (QED) is 0.520. The Morgan fingerprint density at radius 1 is 0.900 bits per heavy atom. The molecule has 1 amide bonds. The predicted octanol–water partition coefficient (Wildman–Crippen LogP) is 3.08. The highest BCUT2D eigenvalue weighted by Crippen LogP contribution is 2.22. The van der Waals surface area contributed by atoms with Gasteiger partial charge in [0.15, 0.2) is 0 Å². The van der Waals surface area contributed by atoms with Crippen molar-refractivity contribution in [2.24, 2.45) is 0 Å². The van der Waals surface area contributed by atoms with E-state index in [1.807, 2.05) is 59.4 Å². The Balaban J connectivity index is 1.53. The highest BCUT2D eigenvalue weighted by molar-refractivity contribution is 5.76. The molecule has 0 aliphatic carbocycles. The van der Waals surface area contributed by atoms with Crippen LogP contribution in [-0.4, -0.2) is 20.3 Å². The Hall–Kier alpha value is -3.93. The van der Waals surface area contributed by atoms with Crippen molar-refractivity contribution in [1.29, 1.82) is 0 Å². The van der Waals surface area contributed by atoms with Crippen LogP contribution in [0.4, 0.5) is 0 Å². The molecular weight excluding hydrogens is 376 g/mol. The molecular formula is C24H22N4O2. The molecule has 2 heterocycles. The molecule has 0 radical (unpaired) electrons. The van der Waals surface area contributed by atoms with Crippen LogP contribution in [0.5, 0.6) is 0 Å². The first kappa shape index (κ1) is 19.4. The first-order valence-corrected chi connectivity index (χ1v) is 9.77. The number of nitrogens with zero attached hydrogens (tertiary/aromatic N) is 3. The second-order valence-electron chi connectivity index (χ2n) is 7.00. The summed E-state index contributed by atoms with van der Waals surface area (Å²) in [6.07, 6.45) is 3.57. The topological polar surface area (TPSA) is 68.9 Å². The van der Waals surface area contributed by atoms with Crippen LogP contribution in [-0.2, 0) is 24.4 Å². The zero-order valence-corrected chi connectivity index (χ0v) is 16.4. The van der Waals surface area contributed by atoms with Crippen molar-refractivity contribution >= 4 is 5.91 Å². The Morgan fingerprint density at radius 2 is 1.60 bits per heavy atom. The summed E-state index contributed by atoms with van der Waals surface area (Å²) in [6.45, 7) is 0.964. The Bertz CT molecular complexity index is 1180. The molecule has 0 bridgehead atoms. The smallest absolute Gasteiger partial charge is 0.250 e. The first-order chi connectivity index (χ1) is 14.7. The van der Waals surface area contributed by atoms with Gasteiger partial charge in [-0.3, -0.25) is 14.3 Å². The predicted molar refractivity (Wildman–Crippen MR) is 116 cm³/mol. The third-order valence-electron chi connectivity index (χ3n) is 4.76. The molecule has 2 aromatic carbocycles. The molecule has 150 valence electrons. The molecule has 1 N–H and O–H groups in total. The number of hydrogen-bond donors (Lipinski definition) is 1. The minimum atomic E-state index is -0.224. The molecule has 6 heteroatoms. The van der Waals surface area contributed by atoms with Gasteiger partial charge in [-0.1, -0.05) is 66.7 Å². The summed E-state index contributed by atoms with van der Waals surface area (Å²) in [6, 6.07) is 24.8. The molecule has 30 heavy (non-hydrogen) atoms. The highest BCUT2D eigenvalue weighted by Gasteiger charge is 2.13. The number of nitrogens with one attached hydrogen (secondary N) is 1. The molecule has 4 rings (SSSR count). The largest absolute Gasteiger partial charge is 0.350 e. The minimum absolute atomic E-state index is 0.0154. The van der Waals surface area contributed by atoms with E-state index in [1.54, 1.807) is 18.3 Å². The lowest BCUT2D eigenvalue weighted by Crippen LogP contribution is -2.31. The van der Waals surface area contributed by atoms with Gasteiger partial charge in [0.1, 0.15) is 6.54 Å². The van der Waals surface area contributed by atoms with Crippen molar-refractivity contribution in [3.8, 4) is 11.3 Å². The number of hydrogen-bond acceptors (Lipinski definition) is 3. The van der Waals surface area contributed by atoms with Gasteiger partial charge in [-0.25, -0.2) is 0 Å². The van der Waals surface area contributed by atoms with Gasteiger partial charge in [0.2, 0.25) is 5.91 Å². The zero-order valence-electron chi connectivity index (χ0n) is 16.4. The molecule has 6 nitrogen and oxygen atoms in total. The average molecular weight is 398 g/mol. The Kier molecular flexibility index (Phi) is 5.85. The van der Waals surface area contributed by atoms with Crippen LogP contribution in [0.25, 0.3) is 11.3 Å². The van der Waals surface area contributed by atoms with E-state index in [-0.39, 0.29) is 18.0 Å². The van der Waals surface area contributed by atoms with Crippen molar-refractivity contribution in [2.45, 2.75) is 19.6 Å². The number of pyridine rings is 1. The van der Waals surface area contributed by atoms with Crippen molar-refractivity contribution in [2.75, 3.05) is 0 Å². The summed E-state index contributed by atoms with van der Waals surface area (Å²) >= 11 is 0. The maximum absolute atomic E-state index is 12.4. The SMILES string of the molecule is O=C(Cn1ccccc1=O)NCc1cn(Cc2ccccc2)nc1-c1ccccc1. The van der Waals surface area contributed by atoms with Crippen LogP contribution < -0.4 is 10.9 Å². The lowest BCUT2D eigenvalue weighted by atomic mass is 10.1. The number of rotatable bonds is 7. The van der Waals surface area contributed by atoms with E-state index in [4.69, 9.17) is 5.10 Å². The van der Waals surface area contributed by atoms with Gasteiger partial charge in [0.25, 0.3) is 5.56 Å². The summed E-state index contributed by atoms with van der Waals surface area (Å²) in [4.78, 5) is 24.2. The molecule has 4 aromatic rings. The molecule has 0 spiro atoms. The molecule has 2 aromatic heterocycles. The lowest BCUT2D eigenvalue weighted by molar-refractivity contribution is -0.121. The fourth-order valence-corrected chi connectivity index (χ4v) is 3.28. The van der Waals surface area contributed by atoms with Crippen molar-refractivity contribution in [3.05, 3.63) is 113 Å². The molecule has 0 fully saturated rings. The summed E-state index contributed by atoms with van der Waals surface area (Å²) in [7, 11) is 0. The fourth-order valence-electron chi connectivity index (χ4n) is 3.28. The molecule has 0 aliphatic rings. The lowest BCUT2D eigenvalue weighted by Gasteiger charge is -2.07. The number of carbonyl (C=O) groups is 1. The van der Waals surface area contributed by atoms with Crippen molar-refractivity contribution in [3.63, 3.8) is 0 Å². The zero-order chi connectivity index (χ0) is 20.8. The van der Waals surface area contributed by atoms with E-state index in [1.165, 1.54) is 10.6 Å². The summed E-state index contributed by atoms with van der Waals surface area (Å²) in [5.41, 5.74) is 3.70. The van der Waals surface area contributed by atoms with Crippen LogP contribution in [0.15, 0.2) is 96.1 Å². The highest BCUT2D eigenvalue weighted by atomic mass is 16.2. The van der Waals surface area contributed by atoms with Crippen LogP contribution in [0.1, 0.15) is 11.1 Å². The first-order valence-electron chi connectivity index (χ1n) is 9.77. The van der Waals surface area contributed by atoms with Crippen LogP contribution in [0, 0.1) is 0 Å². The Morgan fingerprint density at radius 3 is 2.33 bits per heavy atom. The average Bonchev–Trinajstić information content (AvgIpc) is 3.18. The summed E-state index contributed by atoms with van der Waals surface area (Å²) < 4.78 is 3.27. The van der Waals surface area contributed by atoms with Crippen LogP contribution in [0.3, 0.4) is 0 Å². The molecule has 0 aliphatic heterocycles. The normalized spacial score (nSPS) is 10.7. The van der Waals surface area contributed by atoms with Crippen molar-refractivity contribution < 1.29 is 4.79 Å². The molecule has 0 saturated carbocycles. The molecule has 0 saturated heterocycles. The number of aromatic nitrogens is 3. The second kappa shape index (κ2) is 9.05. The Labute approximate surface area is 174 Å². The van der Waals surface area contributed by atoms with Crippen molar-refractivity contribution in [1.82, 2.24) is 19.7 Å². The van der Waals surface area contributed by atoms with E-state index < -0.39 is 0 Å². The maximum Gasteiger partial charge on any atom is 0.250 e. The fraction of sp³-hybridized carbons (Fsp3) is 0.125. The molecule has 0 atom stereocenters. The van der Waals surface area contributed by atoms with Gasteiger partial charge in [0, 0.05) is 36.1 Å². The van der Waals surface area contributed by atoms with E-state index in [0.717, 1.165) is 22.4 Å². The van der Waals surface area contributed by atoms with E-state index >= 15 is 0 Å². The second-order valence-corrected chi connectivity index (χ2v) is 7.00. The van der Waals surface area contributed by atoms with Gasteiger partial charge in [-0.05, 0) is 11.6 Å². The van der Waals surface area contributed by atoms with Gasteiger partial charge in [-0.2, -0.15) is 5.10 Å². The molecule has 0 unspecified atom stereocenters. The van der Waals surface area contributed by atoms with Gasteiger partial charge in [-0.15, -0.1) is 0 Å². The maximum atomic E-state index is 12.4. The van der Waals surface area contributed by atoms with E-state index in [0.29, 0.717) is 13.1 Å². The van der Waals surface area contributed by atoms with E-state index in [2.05, 4.69) is 17.4 Å². The number of amides is 1. The van der Waals surface area contributed by atoms with Gasteiger partial charge >= 0.3 is 0 Å². The van der Waals surface area contributed by atoms with Crippen LogP contribution in [0.2, 0.25) is 0 Å². The third kappa shape index (κ3) is 4.72. The van der Waals surface area contributed by atoms with E-state index in [9.17, 15) is 9.59 Å².